The zero-order chi connectivity index (χ0) is 21.9. The number of nitrogens with one attached hydrogen (secondary N) is 1. The van der Waals surface area contributed by atoms with Crippen molar-refractivity contribution in [1.29, 1.82) is 0 Å². The topological polar surface area (TPSA) is 51.5 Å². The van der Waals surface area contributed by atoms with Crippen LogP contribution in [0.5, 0.6) is 5.75 Å². The van der Waals surface area contributed by atoms with Gasteiger partial charge in [0.2, 0.25) is 0 Å². The molecule has 166 valence electrons. The SMILES string of the molecule is COc1ccc(CN2C(=S)N[C@H](c3ccccn3)[C@H]2c2cccn2C[C@@H]2CCCO2)cc1. The van der Waals surface area contributed by atoms with Gasteiger partial charge in [0.15, 0.2) is 5.11 Å². The van der Waals surface area contributed by atoms with E-state index in [1.165, 1.54) is 11.3 Å². The second-order valence-electron chi connectivity index (χ2n) is 8.32. The quantitative estimate of drug-likeness (QED) is 0.546. The molecule has 3 aromatic rings. The number of ether oxygens (including phenoxy) is 2. The normalized spacial score (nSPS) is 22.8. The summed E-state index contributed by atoms with van der Waals surface area (Å²) in [5, 5.41) is 4.29. The Kier molecular flexibility index (Phi) is 6.10. The molecule has 2 fully saturated rings. The molecule has 0 unspecified atom stereocenters. The van der Waals surface area contributed by atoms with Crippen LogP contribution in [0.2, 0.25) is 0 Å². The van der Waals surface area contributed by atoms with Gasteiger partial charge < -0.3 is 24.3 Å². The number of hydrogen-bond acceptors (Lipinski definition) is 4. The average Bonchev–Trinajstić information content (AvgIpc) is 3.57. The predicted molar refractivity (Wildman–Crippen MR) is 127 cm³/mol. The number of nitrogens with zero attached hydrogens (tertiary/aromatic N) is 3. The van der Waals surface area contributed by atoms with Crippen molar-refractivity contribution in [2.75, 3.05) is 13.7 Å². The fraction of sp³-hybridized carbons (Fsp3) is 0.360. The Hall–Kier alpha value is -2.90. The van der Waals surface area contributed by atoms with E-state index < -0.39 is 0 Å². The summed E-state index contributed by atoms with van der Waals surface area (Å²) >= 11 is 5.83. The molecule has 0 spiro atoms. The van der Waals surface area contributed by atoms with Crippen molar-refractivity contribution in [1.82, 2.24) is 19.8 Å². The minimum atomic E-state index is -0.0277. The minimum absolute atomic E-state index is 0.0240. The van der Waals surface area contributed by atoms with Crippen molar-refractivity contribution in [3.63, 3.8) is 0 Å². The summed E-state index contributed by atoms with van der Waals surface area (Å²) < 4.78 is 13.6. The predicted octanol–water partition coefficient (Wildman–Crippen LogP) is 4.24. The van der Waals surface area contributed by atoms with Crippen LogP contribution in [0.4, 0.5) is 0 Å². The van der Waals surface area contributed by atoms with Crippen molar-refractivity contribution in [2.45, 2.75) is 44.1 Å². The van der Waals surface area contributed by atoms with Crippen molar-refractivity contribution < 1.29 is 9.47 Å². The van der Waals surface area contributed by atoms with E-state index in [-0.39, 0.29) is 18.2 Å². The molecule has 0 saturated carbocycles. The summed E-state index contributed by atoms with van der Waals surface area (Å²) in [4.78, 5) is 6.93. The molecule has 5 rings (SSSR count). The molecule has 1 N–H and O–H groups in total. The number of benzene rings is 1. The number of pyridine rings is 1. The molecule has 4 heterocycles. The molecule has 2 saturated heterocycles. The number of hydrogen-bond donors (Lipinski definition) is 1. The zero-order valence-corrected chi connectivity index (χ0v) is 19.0. The molecule has 32 heavy (non-hydrogen) atoms. The van der Waals surface area contributed by atoms with Crippen LogP contribution in [0.25, 0.3) is 0 Å². The summed E-state index contributed by atoms with van der Waals surface area (Å²) in [5.74, 6) is 0.851. The highest BCUT2D eigenvalue weighted by atomic mass is 32.1. The van der Waals surface area contributed by atoms with E-state index in [0.29, 0.717) is 6.54 Å². The Bertz CT molecular complexity index is 1050. The zero-order valence-electron chi connectivity index (χ0n) is 18.2. The highest BCUT2D eigenvalue weighted by molar-refractivity contribution is 7.80. The molecule has 3 atom stereocenters. The monoisotopic (exact) mass is 448 g/mol. The number of aromatic nitrogens is 2. The van der Waals surface area contributed by atoms with Crippen molar-refractivity contribution in [3.8, 4) is 5.75 Å². The van der Waals surface area contributed by atoms with Crippen LogP contribution in [-0.2, 0) is 17.8 Å². The van der Waals surface area contributed by atoms with Gasteiger partial charge in [-0.25, -0.2) is 0 Å². The van der Waals surface area contributed by atoms with E-state index in [9.17, 15) is 0 Å². The fourth-order valence-electron chi connectivity index (χ4n) is 4.69. The molecular formula is C25H28N4O2S. The van der Waals surface area contributed by atoms with Crippen LogP contribution < -0.4 is 10.1 Å². The average molecular weight is 449 g/mol. The van der Waals surface area contributed by atoms with E-state index in [1.54, 1.807) is 7.11 Å². The lowest BCUT2D eigenvalue weighted by Crippen LogP contribution is -2.30. The Labute approximate surface area is 194 Å². The third-order valence-electron chi connectivity index (χ3n) is 6.30. The Morgan fingerprint density at radius 1 is 1.16 bits per heavy atom. The highest BCUT2D eigenvalue weighted by Crippen LogP contribution is 2.40. The third kappa shape index (κ3) is 4.23. The lowest BCUT2D eigenvalue weighted by Gasteiger charge is -2.29. The van der Waals surface area contributed by atoms with Gasteiger partial charge in [0.25, 0.3) is 0 Å². The second kappa shape index (κ2) is 9.30. The lowest BCUT2D eigenvalue weighted by atomic mass is 10.0. The third-order valence-corrected chi connectivity index (χ3v) is 6.65. The standard InChI is InChI=1S/C25H28N4O2S/c1-30-19-11-9-18(10-12-19)16-29-24(23(27-25(29)32)21-7-2-3-13-26-21)22-8-4-14-28(22)17-20-6-5-15-31-20/h2-4,7-14,20,23-24H,5-6,15-17H2,1H3,(H,27,32)/t20-,23+,24+/m0/s1. The molecule has 0 amide bonds. The van der Waals surface area contributed by atoms with E-state index in [0.717, 1.165) is 42.5 Å². The van der Waals surface area contributed by atoms with Crippen LogP contribution in [-0.4, -0.2) is 39.4 Å². The van der Waals surface area contributed by atoms with Gasteiger partial charge in [0.1, 0.15) is 5.75 Å². The first-order valence-electron chi connectivity index (χ1n) is 11.1. The number of thiocarbonyl (C=S) groups is 1. The molecule has 6 nitrogen and oxygen atoms in total. The van der Waals surface area contributed by atoms with Crippen LogP contribution in [0.1, 0.15) is 41.9 Å². The van der Waals surface area contributed by atoms with Crippen LogP contribution >= 0.6 is 12.2 Å². The first kappa shape index (κ1) is 21.0. The summed E-state index contributed by atoms with van der Waals surface area (Å²) in [6, 6.07) is 18.5. The van der Waals surface area contributed by atoms with Crippen molar-refractivity contribution >= 4 is 17.3 Å². The summed E-state index contributed by atoms with van der Waals surface area (Å²) in [5.41, 5.74) is 3.39. The van der Waals surface area contributed by atoms with Crippen molar-refractivity contribution in [3.05, 3.63) is 83.9 Å². The van der Waals surface area contributed by atoms with E-state index in [4.69, 9.17) is 21.7 Å². The van der Waals surface area contributed by atoms with Gasteiger partial charge in [-0.15, -0.1) is 0 Å². The summed E-state index contributed by atoms with van der Waals surface area (Å²) in [6.45, 7) is 2.42. The fourth-order valence-corrected chi connectivity index (χ4v) is 5.00. The van der Waals surface area contributed by atoms with Crippen LogP contribution in [0, 0.1) is 0 Å². The first-order valence-corrected chi connectivity index (χ1v) is 11.5. The second-order valence-corrected chi connectivity index (χ2v) is 8.71. The lowest BCUT2D eigenvalue weighted by molar-refractivity contribution is 0.0953. The van der Waals surface area contributed by atoms with Gasteiger partial charge >= 0.3 is 0 Å². The van der Waals surface area contributed by atoms with Gasteiger partial charge in [-0.1, -0.05) is 18.2 Å². The summed E-state index contributed by atoms with van der Waals surface area (Å²) in [7, 11) is 1.68. The summed E-state index contributed by atoms with van der Waals surface area (Å²) in [6.07, 6.45) is 6.51. The van der Waals surface area contributed by atoms with E-state index in [2.05, 4.69) is 56.3 Å². The number of methoxy groups -OCH3 is 1. The minimum Gasteiger partial charge on any atom is -0.497 e. The molecule has 0 aliphatic carbocycles. The van der Waals surface area contributed by atoms with Crippen LogP contribution in [0.15, 0.2) is 67.0 Å². The molecule has 0 bridgehead atoms. The largest absolute Gasteiger partial charge is 0.497 e. The number of rotatable bonds is 7. The smallest absolute Gasteiger partial charge is 0.170 e. The molecule has 7 heteroatoms. The van der Waals surface area contributed by atoms with Gasteiger partial charge in [-0.05, 0) is 67.0 Å². The van der Waals surface area contributed by atoms with Crippen LogP contribution in [0.3, 0.4) is 0 Å². The van der Waals surface area contributed by atoms with Gasteiger partial charge in [0, 0.05) is 37.8 Å². The highest BCUT2D eigenvalue weighted by Gasteiger charge is 2.41. The Balaban J connectivity index is 1.49. The Morgan fingerprint density at radius 3 is 2.75 bits per heavy atom. The van der Waals surface area contributed by atoms with Crippen molar-refractivity contribution in [2.24, 2.45) is 0 Å². The molecule has 2 aliphatic rings. The Morgan fingerprint density at radius 2 is 2.03 bits per heavy atom. The maximum atomic E-state index is 5.92. The molecule has 2 aromatic heterocycles. The molecule has 0 radical (unpaired) electrons. The first-order chi connectivity index (χ1) is 15.7. The maximum Gasteiger partial charge on any atom is 0.170 e. The molecule has 2 aliphatic heterocycles. The van der Waals surface area contributed by atoms with Gasteiger partial charge in [0.05, 0.1) is 31.0 Å². The van der Waals surface area contributed by atoms with E-state index in [1.807, 2.05) is 30.5 Å². The van der Waals surface area contributed by atoms with E-state index >= 15 is 0 Å². The van der Waals surface area contributed by atoms with Gasteiger partial charge in [-0.2, -0.15) is 0 Å². The maximum absolute atomic E-state index is 5.92. The van der Waals surface area contributed by atoms with Gasteiger partial charge in [-0.3, -0.25) is 4.98 Å². The molecule has 1 aromatic carbocycles. The molecular weight excluding hydrogens is 420 g/mol.